The Bertz CT molecular complexity index is 769. The number of amides is 1. The molecule has 8 heteroatoms. The highest BCUT2D eigenvalue weighted by Gasteiger charge is 2.25. The van der Waals surface area contributed by atoms with Crippen LogP contribution in [0.5, 0.6) is 0 Å². The Labute approximate surface area is 122 Å². The van der Waals surface area contributed by atoms with Crippen LogP contribution >= 0.6 is 0 Å². The molecule has 0 saturated heterocycles. The molecule has 0 fully saturated rings. The summed E-state index contributed by atoms with van der Waals surface area (Å²) in [4.78, 5) is 12.1. The summed E-state index contributed by atoms with van der Waals surface area (Å²) in [6, 6.07) is 4.30. The fraction of sp³-hybridized carbons (Fsp3) is 0.231. The van der Waals surface area contributed by atoms with Crippen molar-refractivity contribution in [2.75, 3.05) is 12.4 Å². The van der Waals surface area contributed by atoms with E-state index in [1.165, 1.54) is 32.3 Å². The Morgan fingerprint density at radius 1 is 1.33 bits per heavy atom. The van der Waals surface area contributed by atoms with Gasteiger partial charge in [0.15, 0.2) is 0 Å². The van der Waals surface area contributed by atoms with E-state index in [9.17, 15) is 17.6 Å². The van der Waals surface area contributed by atoms with Crippen LogP contribution in [-0.4, -0.2) is 31.4 Å². The molecule has 0 aromatic heterocycles. The first kappa shape index (κ1) is 15.2. The third kappa shape index (κ3) is 3.10. The van der Waals surface area contributed by atoms with E-state index in [4.69, 9.17) is 0 Å². The van der Waals surface area contributed by atoms with Crippen molar-refractivity contribution in [1.29, 1.82) is 0 Å². The van der Waals surface area contributed by atoms with Gasteiger partial charge in [-0.1, -0.05) is 6.07 Å². The van der Waals surface area contributed by atoms with Gasteiger partial charge in [0, 0.05) is 18.9 Å². The maximum absolute atomic E-state index is 13.4. The maximum Gasteiger partial charge on any atom is 0.344 e. The zero-order valence-corrected chi connectivity index (χ0v) is 12.5. The summed E-state index contributed by atoms with van der Waals surface area (Å²) in [6.45, 7) is 3.03. The van der Waals surface area contributed by atoms with Crippen LogP contribution in [0.25, 0.3) is 0 Å². The molecule has 1 heterocycles. The predicted octanol–water partition coefficient (Wildman–Crippen LogP) is 1.61. The minimum absolute atomic E-state index is 0.0817. The Morgan fingerprint density at radius 3 is 2.62 bits per heavy atom. The quantitative estimate of drug-likeness (QED) is 0.901. The van der Waals surface area contributed by atoms with Crippen molar-refractivity contribution in [3.05, 3.63) is 41.4 Å². The summed E-state index contributed by atoms with van der Waals surface area (Å²) < 4.78 is 40.8. The fourth-order valence-electron chi connectivity index (χ4n) is 1.72. The molecular weight excluding hydrogens is 297 g/mol. The topological polar surface area (TPSA) is 78.8 Å². The third-order valence-corrected chi connectivity index (χ3v) is 4.33. The molecule has 0 bridgehead atoms. The molecule has 0 saturated carbocycles. The van der Waals surface area contributed by atoms with E-state index >= 15 is 0 Å². The summed E-state index contributed by atoms with van der Waals surface area (Å²) in [7, 11) is -2.48. The van der Waals surface area contributed by atoms with Crippen molar-refractivity contribution in [3.8, 4) is 0 Å². The Balaban J connectivity index is 2.25. The lowest BCUT2D eigenvalue weighted by atomic mass is 10.1. The van der Waals surface area contributed by atoms with Crippen molar-refractivity contribution in [2.24, 2.45) is 4.40 Å². The number of halogens is 1. The number of hydrogen-bond acceptors (Lipinski definition) is 3. The van der Waals surface area contributed by atoms with Crippen molar-refractivity contribution in [1.82, 2.24) is 4.31 Å². The smallest absolute Gasteiger partial charge is 0.322 e. The highest BCUT2D eigenvalue weighted by atomic mass is 32.2. The largest absolute Gasteiger partial charge is 0.344 e. The van der Waals surface area contributed by atoms with Crippen LogP contribution in [0.3, 0.4) is 0 Å². The molecule has 0 spiro atoms. The van der Waals surface area contributed by atoms with E-state index in [2.05, 4.69) is 9.71 Å². The van der Waals surface area contributed by atoms with Gasteiger partial charge in [-0.2, -0.15) is 8.42 Å². The van der Waals surface area contributed by atoms with Crippen LogP contribution in [0, 0.1) is 12.7 Å². The van der Waals surface area contributed by atoms with E-state index in [1.807, 2.05) is 0 Å². The molecule has 0 aliphatic carbocycles. The van der Waals surface area contributed by atoms with Crippen LogP contribution in [0.15, 0.2) is 34.4 Å². The van der Waals surface area contributed by atoms with Gasteiger partial charge in [-0.3, -0.25) is 9.10 Å². The van der Waals surface area contributed by atoms with E-state index in [1.54, 1.807) is 13.0 Å². The molecule has 1 aromatic carbocycles. The van der Waals surface area contributed by atoms with Crippen LogP contribution in [-0.2, 0) is 15.0 Å². The minimum Gasteiger partial charge on any atom is -0.322 e. The van der Waals surface area contributed by atoms with E-state index < -0.39 is 21.9 Å². The standard InChI is InChI=1S/C13H14FN3O3S/c1-8-4-5-10(6-12(8)14)15-13(18)11-7-17(3)21(19,20)16-9(11)2/h4-7H,1-3H3,(H,15,18). The van der Waals surface area contributed by atoms with Crippen molar-refractivity contribution in [2.45, 2.75) is 13.8 Å². The molecule has 0 atom stereocenters. The van der Waals surface area contributed by atoms with Gasteiger partial charge in [0.05, 0.1) is 11.3 Å². The highest BCUT2D eigenvalue weighted by molar-refractivity contribution is 7.88. The van der Waals surface area contributed by atoms with E-state index in [0.717, 1.165) is 4.31 Å². The van der Waals surface area contributed by atoms with Crippen molar-refractivity contribution >= 4 is 27.5 Å². The van der Waals surface area contributed by atoms with E-state index in [-0.39, 0.29) is 17.0 Å². The predicted molar refractivity (Wildman–Crippen MR) is 77.6 cm³/mol. The molecule has 1 N–H and O–H groups in total. The average molecular weight is 311 g/mol. The number of carbonyl (C=O) groups excluding carboxylic acids is 1. The van der Waals surface area contributed by atoms with Gasteiger partial charge in [-0.05, 0) is 31.5 Å². The first-order chi connectivity index (χ1) is 9.70. The number of hydrogen-bond donors (Lipinski definition) is 1. The number of carbonyl (C=O) groups is 1. The number of rotatable bonds is 2. The summed E-state index contributed by atoms with van der Waals surface area (Å²) >= 11 is 0. The number of nitrogens with one attached hydrogen (secondary N) is 1. The second-order valence-electron chi connectivity index (χ2n) is 4.63. The molecule has 0 unspecified atom stereocenters. The second-order valence-corrected chi connectivity index (χ2v) is 6.29. The summed E-state index contributed by atoms with van der Waals surface area (Å²) in [5, 5.41) is 2.51. The summed E-state index contributed by atoms with van der Waals surface area (Å²) in [5.74, 6) is -0.989. The molecular formula is C13H14FN3O3S. The number of aryl methyl sites for hydroxylation is 1. The number of benzene rings is 1. The maximum atomic E-state index is 13.4. The fourth-order valence-corrected chi connectivity index (χ4v) is 2.53. The van der Waals surface area contributed by atoms with Crippen LogP contribution < -0.4 is 5.32 Å². The minimum atomic E-state index is -3.76. The molecule has 0 radical (unpaired) electrons. The SMILES string of the molecule is CC1=NS(=O)(=O)N(C)C=C1C(=O)Nc1ccc(C)c(F)c1. The van der Waals surface area contributed by atoms with Gasteiger partial charge in [-0.15, -0.1) is 4.40 Å². The number of anilines is 1. The van der Waals surface area contributed by atoms with Gasteiger partial charge in [-0.25, -0.2) is 4.39 Å². The number of nitrogens with zero attached hydrogens (tertiary/aromatic N) is 2. The van der Waals surface area contributed by atoms with Gasteiger partial charge < -0.3 is 5.32 Å². The van der Waals surface area contributed by atoms with Crippen molar-refractivity contribution in [3.63, 3.8) is 0 Å². The lowest BCUT2D eigenvalue weighted by molar-refractivity contribution is -0.112. The molecule has 21 heavy (non-hydrogen) atoms. The zero-order valence-electron chi connectivity index (χ0n) is 11.7. The van der Waals surface area contributed by atoms with Gasteiger partial charge in [0.25, 0.3) is 5.91 Å². The van der Waals surface area contributed by atoms with Crippen LogP contribution in [0.1, 0.15) is 12.5 Å². The monoisotopic (exact) mass is 311 g/mol. The molecule has 1 aromatic rings. The molecule has 1 aliphatic heterocycles. The third-order valence-electron chi connectivity index (χ3n) is 2.99. The Hall–Kier alpha value is -2.22. The molecule has 2 rings (SSSR count). The van der Waals surface area contributed by atoms with E-state index in [0.29, 0.717) is 5.56 Å². The Morgan fingerprint density at radius 2 is 2.00 bits per heavy atom. The van der Waals surface area contributed by atoms with Gasteiger partial charge >= 0.3 is 10.2 Å². The average Bonchev–Trinajstić information content (AvgIpc) is 2.37. The Kier molecular flexibility index (Phi) is 3.82. The molecule has 1 amide bonds. The first-order valence-electron chi connectivity index (χ1n) is 6.05. The van der Waals surface area contributed by atoms with Gasteiger partial charge in [0.1, 0.15) is 5.82 Å². The van der Waals surface area contributed by atoms with Crippen molar-refractivity contribution < 1.29 is 17.6 Å². The lowest BCUT2D eigenvalue weighted by Gasteiger charge is -2.19. The highest BCUT2D eigenvalue weighted by Crippen LogP contribution is 2.18. The zero-order chi connectivity index (χ0) is 15.8. The lowest BCUT2D eigenvalue weighted by Crippen LogP contribution is -2.30. The summed E-state index contributed by atoms with van der Waals surface area (Å²) in [6.07, 6.45) is 1.18. The van der Waals surface area contributed by atoms with Crippen LogP contribution in [0.2, 0.25) is 0 Å². The molecule has 112 valence electrons. The van der Waals surface area contributed by atoms with Gasteiger partial charge in [0.2, 0.25) is 0 Å². The second kappa shape index (κ2) is 5.28. The normalized spacial score (nSPS) is 17.0. The first-order valence-corrected chi connectivity index (χ1v) is 7.44. The van der Waals surface area contributed by atoms with Crippen LogP contribution in [0.4, 0.5) is 10.1 Å². The summed E-state index contributed by atoms with van der Waals surface area (Å²) in [5.41, 5.74) is 0.938. The molecule has 1 aliphatic rings. The molecule has 6 nitrogen and oxygen atoms in total.